The Hall–Kier alpha value is -1.83. The summed E-state index contributed by atoms with van der Waals surface area (Å²) in [6.45, 7) is 6.07. The molecule has 2 aromatic rings. The predicted molar refractivity (Wildman–Crippen MR) is 65.0 cm³/mol. The fraction of sp³-hybridized carbons (Fsp3) is 0.214. The van der Waals surface area contributed by atoms with Crippen molar-refractivity contribution in [2.75, 3.05) is 0 Å². The summed E-state index contributed by atoms with van der Waals surface area (Å²) in [5.74, 6) is 1.49. The van der Waals surface area contributed by atoms with Crippen molar-refractivity contribution in [3.05, 3.63) is 53.2 Å². The van der Waals surface area contributed by atoms with Crippen LogP contribution in [0, 0.1) is 20.8 Å². The van der Waals surface area contributed by atoms with Gasteiger partial charge in [0.15, 0.2) is 0 Å². The molecule has 16 heavy (non-hydrogen) atoms. The van der Waals surface area contributed by atoms with Crippen molar-refractivity contribution in [1.29, 1.82) is 0 Å². The van der Waals surface area contributed by atoms with Crippen LogP contribution in [-0.4, -0.2) is 4.98 Å². The number of hydrogen-bond donors (Lipinski definition) is 0. The molecule has 0 bridgehead atoms. The van der Waals surface area contributed by atoms with Crippen molar-refractivity contribution >= 4 is 0 Å². The Morgan fingerprint density at radius 2 is 1.62 bits per heavy atom. The molecule has 0 spiro atoms. The van der Waals surface area contributed by atoms with Crippen molar-refractivity contribution in [2.24, 2.45) is 0 Å². The third-order valence-electron chi connectivity index (χ3n) is 2.28. The lowest BCUT2D eigenvalue weighted by molar-refractivity contribution is 0.461. The molecule has 1 heterocycles. The summed E-state index contributed by atoms with van der Waals surface area (Å²) in [5.41, 5.74) is 3.35. The molecule has 0 aliphatic carbocycles. The minimum atomic E-state index is 0.644. The summed E-state index contributed by atoms with van der Waals surface area (Å²) in [7, 11) is 0. The highest BCUT2D eigenvalue weighted by atomic mass is 16.5. The summed E-state index contributed by atoms with van der Waals surface area (Å²) in [6, 6.07) is 11.9. The second kappa shape index (κ2) is 4.35. The number of benzene rings is 1. The van der Waals surface area contributed by atoms with Gasteiger partial charge in [0, 0.05) is 11.8 Å². The fourth-order valence-corrected chi connectivity index (χ4v) is 1.69. The maximum atomic E-state index is 5.71. The Morgan fingerprint density at radius 3 is 2.25 bits per heavy atom. The summed E-state index contributed by atoms with van der Waals surface area (Å²) < 4.78 is 5.71. The second-order valence-corrected chi connectivity index (χ2v) is 4.04. The van der Waals surface area contributed by atoms with E-state index >= 15 is 0 Å². The number of ether oxygens (including phenoxy) is 1. The molecule has 0 saturated carbocycles. The highest BCUT2D eigenvalue weighted by molar-refractivity contribution is 5.35. The molecular formula is C14H15NO. The molecule has 0 saturated heterocycles. The van der Waals surface area contributed by atoms with Gasteiger partial charge in [-0.1, -0.05) is 12.1 Å². The van der Waals surface area contributed by atoms with E-state index in [2.05, 4.69) is 24.9 Å². The van der Waals surface area contributed by atoms with Crippen LogP contribution in [0.4, 0.5) is 0 Å². The lowest BCUT2D eigenvalue weighted by Crippen LogP contribution is -1.90. The van der Waals surface area contributed by atoms with Crippen LogP contribution in [0.25, 0.3) is 0 Å². The van der Waals surface area contributed by atoms with E-state index in [-0.39, 0.29) is 0 Å². The summed E-state index contributed by atoms with van der Waals surface area (Å²) >= 11 is 0. The molecule has 2 heteroatoms. The van der Waals surface area contributed by atoms with Crippen LogP contribution in [0.5, 0.6) is 11.6 Å². The van der Waals surface area contributed by atoms with Crippen molar-refractivity contribution in [1.82, 2.24) is 4.98 Å². The summed E-state index contributed by atoms with van der Waals surface area (Å²) in [6.07, 6.45) is 0. The standard InChI is InChI=1S/C14H15NO/c1-10-7-11(2)9-13(8-10)16-14-6-4-5-12(3)15-14/h4-9H,1-3H3. The number of rotatable bonds is 2. The summed E-state index contributed by atoms with van der Waals surface area (Å²) in [5, 5.41) is 0. The van der Waals surface area contributed by atoms with E-state index in [4.69, 9.17) is 4.74 Å². The van der Waals surface area contributed by atoms with Gasteiger partial charge in [0.05, 0.1) is 0 Å². The van der Waals surface area contributed by atoms with Gasteiger partial charge in [0.25, 0.3) is 0 Å². The van der Waals surface area contributed by atoms with Gasteiger partial charge in [0.1, 0.15) is 5.75 Å². The third kappa shape index (κ3) is 2.60. The molecule has 2 rings (SSSR count). The number of nitrogens with zero attached hydrogens (tertiary/aromatic N) is 1. The van der Waals surface area contributed by atoms with Gasteiger partial charge >= 0.3 is 0 Å². The lowest BCUT2D eigenvalue weighted by atomic mass is 10.1. The fourth-order valence-electron chi connectivity index (χ4n) is 1.69. The number of aromatic nitrogens is 1. The highest BCUT2D eigenvalue weighted by Crippen LogP contribution is 2.22. The maximum Gasteiger partial charge on any atom is 0.219 e. The Kier molecular flexibility index (Phi) is 2.91. The van der Waals surface area contributed by atoms with Crippen LogP contribution in [0.2, 0.25) is 0 Å². The predicted octanol–water partition coefficient (Wildman–Crippen LogP) is 3.80. The Bertz CT molecular complexity index is 486. The Morgan fingerprint density at radius 1 is 0.938 bits per heavy atom. The first-order valence-corrected chi connectivity index (χ1v) is 5.33. The molecule has 0 unspecified atom stereocenters. The lowest BCUT2D eigenvalue weighted by Gasteiger charge is -2.07. The number of aryl methyl sites for hydroxylation is 3. The van der Waals surface area contributed by atoms with E-state index in [9.17, 15) is 0 Å². The Balaban J connectivity index is 2.27. The quantitative estimate of drug-likeness (QED) is 0.757. The monoisotopic (exact) mass is 213 g/mol. The zero-order valence-corrected chi connectivity index (χ0v) is 9.82. The van der Waals surface area contributed by atoms with Crippen LogP contribution in [-0.2, 0) is 0 Å². The minimum Gasteiger partial charge on any atom is -0.439 e. The van der Waals surface area contributed by atoms with Gasteiger partial charge in [-0.3, -0.25) is 0 Å². The van der Waals surface area contributed by atoms with Crippen LogP contribution >= 0.6 is 0 Å². The molecule has 0 atom stereocenters. The average Bonchev–Trinajstić information content (AvgIpc) is 2.15. The highest BCUT2D eigenvalue weighted by Gasteiger charge is 2.00. The van der Waals surface area contributed by atoms with Crippen LogP contribution in [0.1, 0.15) is 16.8 Å². The number of hydrogen-bond acceptors (Lipinski definition) is 2. The van der Waals surface area contributed by atoms with E-state index in [0.717, 1.165) is 11.4 Å². The van der Waals surface area contributed by atoms with Gasteiger partial charge in [-0.25, -0.2) is 4.98 Å². The van der Waals surface area contributed by atoms with Gasteiger partial charge in [-0.15, -0.1) is 0 Å². The third-order valence-corrected chi connectivity index (χ3v) is 2.28. The SMILES string of the molecule is Cc1cc(C)cc(Oc2cccc(C)n2)c1. The first kappa shape index (κ1) is 10.7. The van der Waals surface area contributed by atoms with E-state index in [1.807, 2.05) is 37.3 Å². The van der Waals surface area contributed by atoms with Crippen LogP contribution in [0.3, 0.4) is 0 Å². The van der Waals surface area contributed by atoms with E-state index in [1.54, 1.807) is 0 Å². The van der Waals surface area contributed by atoms with Crippen molar-refractivity contribution in [2.45, 2.75) is 20.8 Å². The first-order chi connectivity index (χ1) is 7.63. The zero-order chi connectivity index (χ0) is 11.5. The van der Waals surface area contributed by atoms with E-state index in [0.29, 0.717) is 5.88 Å². The average molecular weight is 213 g/mol. The summed E-state index contributed by atoms with van der Waals surface area (Å²) in [4.78, 5) is 4.31. The minimum absolute atomic E-state index is 0.644. The van der Waals surface area contributed by atoms with Crippen LogP contribution in [0.15, 0.2) is 36.4 Å². The Labute approximate surface area is 95.9 Å². The molecular weight excluding hydrogens is 198 g/mol. The molecule has 1 aromatic heterocycles. The van der Waals surface area contributed by atoms with Gasteiger partial charge < -0.3 is 4.74 Å². The normalized spacial score (nSPS) is 10.2. The molecule has 1 aromatic carbocycles. The maximum absolute atomic E-state index is 5.71. The zero-order valence-electron chi connectivity index (χ0n) is 9.82. The molecule has 0 radical (unpaired) electrons. The van der Waals surface area contributed by atoms with Gasteiger partial charge in [-0.2, -0.15) is 0 Å². The first-order valence-electron chi connectivity index (χ1n) is 5.33. The molecule has 0 amide bonds. The van der Waals surface area contributed by atoms with Gasteiger partial charge in [-0.05, 0) is 50.1 Å². The molecule has 2 nitrogen and oxygen atoms in total. The van der Waals surface area contributed by atoms with Crippen molar-refractivity contribution < 1.29 is 4.74 Å². The van der Waals surface area contributed by atoms with E-state index < -0.39 is 0 Å². The van der Waals surface area contributed by atoms with E-state index in [1.165, 1.54) is 11.1 Å². The van der Waals surface area contributed by atoms with Crippen LogP contribution < -0.4 is 4.74 Å². The van der Waals surface area contributed by atoms with Gasteiger partial charge in [0.2, 0.25) is 5.88 Å². The topological polar surface area (TPSA) is 22.1 Å². The smallest absolute Gasteiger partial charge is 0.219 e. The van der Waals surface area contributed by atoms with Crippen molar-refractivity contribution in [3.63, 3.8) is 0 Å². The number of pyridine rings is 1. The molecule has 0 aliphatic heterocycles. The molecule has 0 N–H and O–H groups in total. The van der Waals surface area contributed by atoms with Crippen molar-refractivity contribution in [3.8, 4) is 11.6 Å². The molecule has 0 fully saturated rings. The second-order valence-electron chi connectivity index (χ2n) is 4.04. The largest absolute Gasteiger partial charge is 0.439 e. The molecule has 0 aliphatic rings. The molecule has 82 valence electrons.